The van der Waals surface area contributed by atoms with Crippen molar-refractivity contribution in [3.8, 4) is 10.9 Å². The molecule has 0 spiro atoms. The maximum Gasteiger partial charge on any atom is 0.281 e. The third-order valence-corrected chi connectivity index (χ3v) is 7.19. The molecule has 2 bridgehead atoms. The van der Waals surface area contributed by atoms with Gasteiger partial charge in [0, 0.05) is 49.7 Å². The van der Waals surface area contributed by atoms with Gasteiger partial charge in [0.2, 0.25) is 5.91 Å². The van der Waals surface area contributed by atoms with Crippen molar-refractivity contribution in [2.24, 2.45) is 0 Å². The zero-order valence-electron chi connectivity index (χ0n) is 17.2. The molecule has 4 aromatic rings. The molecule has 0 saturated carbocycles. The highest BCUT2D eigenvalue weighted by molar-refractivity contribution is 7.20. The van der Waals surface area contributed by atoms with Gasteiger partial charge in [-0.1, -0.05) is 11.3 Å². The van der Waals surface area contributed by atoms with Crippen molar-refractivity contribution < 1.29 is 13.9 Å². The highest BCUT2D eigenvalue weighted by atomic mass is 32.1. The van der Waals surface area contributed by atoms with Crippen LogP contribution in [-0.4, -0.2) is 50.8 Å². The summed E-state index contributed by atoms with van der Waals surface area (Å²) in [6.07, 6.45) is 3.97. The lowest BCUT2D eigenvalue weighted by Gasteiger charge is -2.51. The quantitative estimate of drug-likeness (QED) is 0.473. The van der Waals surface area contributed by atoms with Crippen LogP contribution in [0, 0.1) is 0 Å². The average Bonchev–Trinajstić information content (AvgIpc) is 3.36. The molecule has 3 aliphatic rings. The average molecular weight is 435 g/mol. The molecular formula is C23H22N4O3S. The zero-order valence-corrected chi connectivity index (χ0v) is 18.0. The number of benzene rings is 1. The van der Waals surface area contributed by atoms with Crippen LogP contribution in [0.3, 0.4) is 0 Å². The van der Waals surface area contributed by atoms with Crippen molar-refractivity contribution in [1.82, 2.24) is 19.8 Å². The number of piperazine rings is 1. The Kier molecular flexibility index (Phi) is 4.43. The van der Waals surface area contributed by atoms with E-state index in [2.05, 4.69) is 20.9 Å². The number of furan rings is 1. The first kappa shape index (κ1) is 18.8. The van der Waals surface area contributed by atoms with Crippen LogP contribution in [0.1, 0.15) is 25.5 Å². The molecule has 0 aliphatic carbocycles. The zero-order chi connectivity index (χ0) is 20.9. The molecule has 1 amide bonds. The van der Waals surface area contributed by atoms with Crippen LogP contribution in [0.25, 0.3) is 21.3 Å². The summed E-state index contributed by atoms with van der Waals surface area (Å²) in [5.41, 5.74) is 1.50. The minimum absolute atomic E-state index is 0.189. The predicted molar refractivity (Wildman–Crippen MR) is 118 cm³/mol. The van der Waals surface area contributed by atoms with Crippen molar-refractivity contribution >= 4 is 38.6 Å². The van der Waals surface area contributed by atoms with Crippen LogP contribution in [0.15, 0.2) is 47.0 Å². The number of amides is 1. The number of thiazole rings is 1. The molecule has 3 saturated heterocycles. The number of fused-ring (bicyclic) bond motifs is 5. The summed E-state index contributed by atoms with van der Waals surface area (Å²) < 4.78 is 13.1. The molecule has 7 rings (SSSR count). The summed E-state index contributed by atoms with van der Waals surface area (Å²) in [7, 11) is 0. The van der Waals surface area contributed by atoms with Gasteiger partial charge in [-0.2, -0.15) is 4.98 Å². The van der Waals surface area contributed by atoms with Gasteiger partial charge < -0.3 is 14.1 Å². The first-order valence-corrected chi connectivity index (χ1v) is 11.4. The molecule has 3 aromatic heterocycles. The third-order valence-electron chi connectivity index (χ3n) is 6.30. The molecule has 3 aliphatic heterocycles. The Balaban J connectivity index is 1.19. The minimum atomic E-state index is 0.189. The molecule has 0 unspecified atom stereocenters. The summed E-state index contributed by atoms with van der Waals surface area (Å²) in [4.78, 5) is 25.0. The second-order valence-corrected chi connectivity index (χ2v) is 9.30. The fourth-order valence-electron chi connectivity index (χ4n) is 4.80. The van der Waals surface area contributed by atoms with Gasteiger partial charge in [-0.25, -0.2) is 4.98 Å². The molecule has 3 fully saturated rings. The minimum Gasteiger partial charge on any atom is -0.460 e. The highest BCUT2D eigenvalue weighted by Crippen LogP contribution is 2.34. The van der Waals surface area contributed by atoms with Crippen LogP contribution in [0.5, 0.6) is 10.9 Å². The molecule has 2 atom stereocenters. The lowest BCUT2D eigenvalue weighted by Crippen LogP contribution is -2.63. The number of piperidine rings is 2. The second-order valence-electron chi connectivity index (χ2n) is 8.31. The predicted octanol–water partition coefficient (Wildman–Crippen LogP) is 4.42. The summed E-state index contributed by atoms with van der Waals surface area (Å²) in [5.74, 6) is 1.83. The topological polar surface area (TPSA) is 71.7 Å². The molecule has 31 heavy (non-hydrogen) atoms. The third kappa shape index (κ3) is 3.45. The number of carbonyl (C=O) groups excluding carboxylic acids is 1. The number of nitrogens with zero attached hydrogens (tertiary/aromatic N) is 4. The Bertz CT molecular complexity index is 1250. The number of rotatable bonds is 4. The standard InChI is InChI=1S/C23H22N4O3S/c1-14(28)27-12-16-5-6-17(27)11-26(16)13-19-9-15-4-7-18(10-20(15)29-19)30-23-25-22-21(31-23)3-2-8-24-22/h2-4,7-10,16-17H,5-6,11-13H2,1H3/t16-,17+/m0/s1. The van der Waals surface area contributed by atoms with E-state index in [9.17, 15) is 4.79 Å². The lowest BCUT2D eigenvalue weighted by molar-refractivity contribution is -0.139. The van der Waals surface area contributed by atoms with Crippen LogP contribution >= 0.6 is 11.3 Å². The van der Waals surface area contributed by atoms with Gasteiger partial charge in [0.1, 0.15) is 17.1 Å². The van der Waals surface area contributed by atoms with E-state index in [0.29, 0.717) is 28.7 Å². The van der Waals surface area contributed by atoms with Crippen molar-refractivity contribution in [3.05, 3.63) is 48.4 Å². The van der Waals surface area contributed by atoms with Gasteiger partial charge in [0.25, 0.3) is 5.19 Å². The Morgan fingerprint density at radius 2 is 2.13 bits per heavy atom. The Hall–Kier alpha value is -2.97. The number of hydrogen-bond acceptors (Lipinski definition) is 7. The summed E-state index contributed by atoms with van der Waals surface area (Å²) in [5, 5.41) is 1.63. The van der Waals surface area contributed by atoms with E-state index in [-0.39, 0.29) is 5.91 Å². The Labute approximate surface area is 183 Å². The van der Waals surface area contributed by atoms with Crippen molar-refractivity contribution in [2.75, 3.05) is 13.1 Å². The first-order chi connectivity index (χ1) is 15.1. The van der Waals surface area contributed by atoms with Gasteiger partial charge in [-0.05, 0) is 43.2 Å². The number of aromatic nitrogens is 2. The van der Waals surface area contributed by atoms with Gasteiger partial charge in [-0.15, -0.1) is 0 Å². The van der Waals surface area contributed by atoms with Crippen molar-refractivity contribution in [3.63, 3.8) is 0 Å². The molecular weight excluding hydrogens is 412 g/mol. The van der Waals surface area contributed by atoms with E-state index < -0.39 is 0 Å². The number of pyridine rings is 1. The van der Waals surface area contributed by atoms with E-state index in [0.717, 1.165) is 53.9 Å². The fourth-order valence-corrected chi connectivity index (χ4v) is 5.59. The number of ether oxygens (including phenoxy) is 1. The summed E-state index contributed by atoms with van der Waals surface area (Å²) in [6.45, 7) is 4.19. The number of carbonyl (C=O) groups is 1. The van der Waals surface area contributed by atoms with E-state index in [1.165, 1.54) is 11.3 Å². The summed E-state index contributed by atoms with van der Waals surface area (Å²) >= 11 is 1.47. The van der Waals surface area contributed by atoms with Gasteiger partial charge in [0.15, 0.2) is 5.65 Å². The van der Waals surface area contributed by atoms with Crippen LogP contribution in [-0.2, 0) is 11.3 Å². The van der Waals surface area contributed by atoms with Crippen molar-refractivity contribution in [2.45, 2.75) is 38.4 Å². The van der Waals surface area contributed by atoms with Gasteiger partial charge >= 0.3 is 0 Å². The molecule has 7 nitrogen and oxygen atoms in total. The molecule has 158 valence electrons. The highest BCUT2D eigenvalue weighted by Gasteiger charge is 2.40. The number of hydrogen-bond donors (Lipinski definition) is 0. The van der Waals surface area contributed by atoms with E-state index in [4.69, 9.17) is 9.15 Å². The molecule has 0 radical (unpaired) electrons. The van der Waals surface area contributed by atoms with Gasteiger partial charge in [-0.3, -0.25) is 9.69 Å². The Morgan fingerprint density at radius 1 is 1.23 bits per heavy atom. The lowest BCUT2D eigenvalue weighted by atomic mass is 9.90. The molecule has 8 heteroatoms. The molecule has 6 heterocycles. The van der Waals surface area contributed by atoms with E-state index >= 15 is 0 Å². The normalized spacial score (nSPS) is 21.3. The smallest absolute Gasteiger partial charge is 0.281 e. The Morgan fingerprint density at radius 3 is 2.94 bits per heavy atom. The fraction of sp³-hybridized carbons (Fsp3) is 0.348. The molecule has 0 N–H and O–H groups in total. The second kappa shape index (κ2) is 7.32. The van der Waals surface area contributed by atoms with E-state index in [1.807, 2.05) is 35.2 Å². The van der Waals surface area contributed by atoms with Crippen molar-refractivity contribution in [1.29, 1.82) is 0 Å². The van der Waals surface area contributed by atoms with Gasteiger partial charge in [0.05, 0.1) is 11.2 Å². The largest absolute Gasteiger partial charge is 0.460 e. The first-order valence-electron chi connectivity index (χ1n) is 10.6. The van der Waals surface area contributed by atoms with Crippen LogP contribution in [0.4, 0.5) is 0 Å². The van der Waals surface area contributed by atoms with Crippen LogP contribution < -0.4 is 4.74 Å². The van der Waals surface area contributed by atoms with Crippen LogP contribution in [0.2, 0.25) is 0 Å². The van der Waals surface area contributed by atoms with E-state index in [1.54, 1.807) is 13.1 Å². The maximum atomic E-state index is 11.9. The maximum absolute atomic E-state index is 11.9. The monoisotopic (exact) mass is 434 g/mol. The molecule has 1 aromatic carbocycles. The SMILES string of the molecule is CC(=O)N1C[C@@H]2CC[C@@H]1CN2Cc1cc2ccc(Oc3nc4ncccc4s3)cc2o1. The summed E-state index contributed by atoms with van der Waals surface area (Å²) in [6, 6.07) is 12.6.